The highest BCUT2D eigenvalue weighted by Crippen LogP contribution is 2.15. The molecule has 1 N–H and O–H groups in total. The van der Waals surface area contributed by atoms with E-state index in [1.54, 1.807) is 7.11 Å². The van der Waals surface area contributed by atoms with Crippen molar-refractivity contribution in [2.45, 2.75) is 18.9 Å². The smallest absolute Gasteiger partial charge is 0.0589 e. The molecule has 0 spiro atoms. The van der Waals surface area contributed by atoms with E-state index in [4.69, 9.17) is 4.74 Å². The Kier molecular flexibility index (Phi) is 6.25. The number of rotatable bonds is 8. The van der Waals surface area contributed by atoms with Gasteiger partial charge in [0.2, 0.25) is 0 Å². The molecule has 1 aromatic rings. The molecular formula is C17H26N2O. The van der Waals surface area contributed by atoms with Crippen LogP contribution in [0, 0.1) is 0 Å². The Morgan fingerprint density at radius 1 is 1.40 bits per heavy atom. The predicted octanol–water partition coefficient (Wildman–Crippen LogP) is 2.40. The first-order chi connectivity index (χ1) is 9.79. The van der Waals surface area contributed by atoms with E-state index in [1.165, 1.54) is 24.0 Å². The quantitative estimate of drug-likeness (QED) is 0.788. The van der Waals surface area contributed by atoms with Crippen molar-refractivity contribution in [2.24, 2.45) is 0 Å². The molecule has 20 heavy (non-hydrogen) atoms. The monoisotopic (exact) mass is 274 g/mol. The van der Waals surface area contributed by atoms with Gasteiger partial charge in [-0.2, -0.15) is 0 Å². The van der Waals surface area contributed by atoms with Gasteiger partial charge in [-0.05, 0) is 30.5 Å². The van der Waals surface area contributed by atoms with E-state index in [0.29, 0.717) is 6.04 Å². The van der Waals surface area contributed by atoms with E-state index in [2.05, 4.69) is 41.1 Å². The Hall–Kier alpha value is -1.16. The molecule has 1 aliphatic rings. The van der Waals surface area contributed by atoms with Crippen molar-refractivity contribution in [1.82, 2.24) is 10.2 Å². The van der Waals surface area contributed by atoms with Crippen LogP contribution >= 0.6 is 0 Å². The lowest BCUT2D eigenvalue weighted by Crippen LogP contribution is -2.39. The van der Waals surface area contributed by atoms with Gasteiger partial charge in [0.05, 0.1) is 6.61 Å². The number of benzene rings is 1. The number of hydrogen-bond donors (Lipinski definition) is 1. The molecule has 1 heterocycles. The van der Waals surface area contributed by atoms with Crippen LogP contribution in [0.2, 0.25) is 0 Å². The van der Waals surface area contributed by atoms with Crippen molar-refractivity contribution >= 4 is 5.57 Å². The maximum Gasteiger partial charge on any atom is 0.0589 e. The first kappa shape index (κ1) is 15.2. The van der Waals surface area contributed by atoms with Crippen molar-refractivity contribution in [2.75, 3.05) is 39.9 Å². The summed E-state index contributed by atoms with van der Waals surface area (Å²) >= 11 is 0. The molecule has 1 aromatic carbocycles. The summed E-state index contributed by atoms with van der Waals surface area (Å²) < 4.78 is 5.23. The van der Waals surface area contributed by atoms with Crippen LogP contribution in [0.15, 0.2) is 36.9 Å². The minimum atomic E-state index is 0.621. The third kappa shape index (κ3) is 4.75. The maximum absolute atomic E-state index is 5.23. The molecule has 2 rings (SSSR count). The van der Waals surface area contributed by atoms with Crippen LogP contribution < -0.4 is 5.32 Å². The third-order valence-electron chi connectivity index (χ3n) is 3.85. The second-order valence-electron chi connectivity index (χ2n) is 5.49. The van der Waals surface area contributed by atoms with Crippen molar-refractivity contribution < 1.29 is 4.74 Å². The SMILES string of the molecule is C=C(CN(CCOC)CC1CCCN1)c1ccccc1. The van der Waals surface area contributed by atoms with Gasteiger partial charge in [0.15, 0.2) is 0 Å². The van der Waals surface area contributed by atoms with Crippen LogP contribution in [-0.4, -0.2) is 50.8 Å². The fourth-order valence-corrected chi connectivity index (χ4v) is 2.71. The summed E-state index contributed by atoms with van der Waals surface area (Å²) in [5, 5.41) is 3.56. The summed E-state index contributed by atoms with van der Waals surface area (Å²) in [6.45, 7) is 9.12. The summed E-state index contributed by atoms with van der Waals surface area (Å²) in [6.07, 6.45) is 2.57. The normalized spacial score (nSPS) is 18.6. The Balaban J connectivity index is 1.90. The van der Waals surface area contributed by atoms with E-state index in [0.717, 1.165) is 32.8 Å². The van der Waals surface area contributed by atoms with Crippen LogP contribution in [0.3, 0.4) is 0 Å². The van der Waals surface area contributed by atoms with Gasteiger partial charge in [-0.1, -0.05) is 36.9 Å². The van der Waals surface area contributed by atoms with Gasteiger partial charge in [0, 0.05) is 32.8 Å². The van der Waals surface area contributed by atoms with Crippen molar-refractivity contribution in [1.29, 1.82) is 0 Å². The molecule has 0 aliphatic carbocycles. The standard InChI is InChI=1S/C17H26N2O/c1-15(16-7-4-3-5-8-16)13-19(11-12-20-2)14-17-9-6-10-18-17/h3-5,7-8,17-18H,1,6,9-14H2,2H3. The molecule has 1 aliphatic heterocycles. The zero-order valence-electron chi connectivity index (χ0n) is 12.5. The highest BCUT2D eigenvalue weighted by molar-refractivity contribution is 5.64. The Bertz CT molecular complexity index is 399. The Labute approximate surface area is 122 Å². The molecule has 110 valence electrons. The second kappa shape index (κ2) is 8.20. The molecule has 3 nitrogen and oxygen atoms in total. The van der Waals surface area contributed by atoms with Crippen LogP contribution in [0.4, 0.5) is 0 Å². The summed E-state index contributed by atoms with van der Waals surface area (Å²) in [7, 11) is 1.76. The number of hydrogen-bond acceptors (Lipinski definition) is 3. The minimum Gasteiger partial charge on any atom is -0.383 e. The van der Waals surface area contributed by atoms with E-state index >= 15 is 0 Å². The van der Waals surface area contributed by atoms with E-state index in [-0.39, 0.29) is 0 Å². The number of ether oxygens (including phenoxy) is 1. The van der Waals surface area contributed by atoms with Gasteiger partial charge in [0.1, 0.15) is 0 Å². The number of nitrogens with zero attached hydrogens (tertiary/aromatic N) is 1. The van der Waals surface area contributed by atoms with Gasteiger partial charge in [0.25, 0.3) is 0 Å². The second-order valence-corrected chi connectivity index (χ2v) is 5.49. The minimum absolute atomic E-state index is 0.621. The van der Waals surface area contributed by atoms with Crippen molar-refractivity contribution in [3.05, 3.63) is 42.5 Å². The highest BCUT2D eigenvalue weighted by atomic mass is 16.5. The zero-order valence-corrected chi connectivity index (χ0v) is 12.5. The summed E-state index contributed by atoms with van der Waals surface area (Å²) in [5.41, 5.74) is 2.41. The number of methoxy groups -OCH3 is 1. The maximum atomic E-state index is 5.23. The molecule has 0 radical (unpaired) electrons. The largest absolute Gasteiger partial charge is 0.383 e. The molecule has 0 amide bonds. The van der Waals surface area contributed by atoms with Crippen LogP contribution in [0.1, 0.15) is 18.4 Å². The van der Waals surface area contributed by atoms with Crippen LogP contribution in [0.25, 0.3) is 5.57 Å². The predicted molar refractivity (Wildman–Crippen MR) is 84.8 cm³/mol. The van der Waals surface area contributed by atoms with Gasteiger partial charge >= 0.3 is 0 Å². The summed E-state index contributed by atoms with van der Waals surface area (Å²) in [5.74, 6) is 0. The molecule has 0 aromatic heterocycles. The first-order valence-corrected chi connectivity index (χ1v) is 7.47. The van der Waals surface area contributed by atoms with E-state index < -0.39 is 0 Å². The Morgan fingerprint density at radius 3 is 2.85 bits per heavy atom. The molecule has 0 saturated carbocycles. The molecule has 0 bridgehead atoms. The molecule has 1 fully saturated rings. The molecule has 1 atom stereocenters. The topological polar surface area (TPSA) is 24.5 Å². The van der Waals surface area contributed by atoms with Gasteiger partial charge in [-0.25, -0.2) is 0 Å². The average Bonchev–Trinajstić information content (AvgIpc) is 2.98. The molecular weight excluding hydrogens is 248 g/mol. The van der Waals surface area contributed by atoms with Crippen LogP contribution in [-0.2, 0) is 4.74 Å². The molecule has 1 saturated heterocycles. The lowest BCUT2D eigenvalue weighted by Gasteiger charge is -2.26. The van der Waals surface area contributed by atoms with Crippen molar-refractivity contribution in [3.8, 4) is 0 Å². The van der Waals surface area contributed by atoms with Gasteiger partial charge < -0.3 is 10.1 Å². The average molecular weight is 274 g/mol. The lowest BCUT2D eigenvalue weighted by atomic mass is 10.1. The summed E-state index contributed by atoms with van der Waals surface area (Å²) in [6, 6.07) is 11.1. The lowest BCUT2D eigenvalue weighted by molar-refractivity contribution is 0.150. The first-order valence-electron chi connectivity index (χ1n) is 7.47. The van der Waals surface area contributed by atoms with E-state index in [1.807, 2.05) is 6.07 Å². The molecule has 3 heteroatoms. The number of nitrogens with one attached hydrogen (secondary N) is 1. The third-order valence-corrected chi connectivity index (χ3v) is 3.85. The molecule has 1 unspecified atom stereocenters. The van der Waals surface area contributed by atoms with Gasteiger partial charge in [-0.15, -0.1) is 0 Å². The van der Waals surface area contributed by atoms with Crippen LogP contribution in [0.5, 0.6) is 0 Å². The zero-order chi connectivity index (χ0) is 14.2. The fraction of sp³-hybridized carbons (Fsp3) is 0.529. The van der Waals surface area contributed by atoms with E-state index in [9.17, 15) is 0 Å². The van der Waals surface area contributed by atoms with Gasteiger partial charge in [-0.3, -0.25) is 4.90 Å². The Morgan fingerprint density at radius 2 is 2.20 bits per heavy atom. The fourth-order valence-electron chi connectivity index (χ4n) is 2.71. The summed E-state index contributed by atoms with van der Waals surface area (Å²) in [4.78, 5) is 2.45. The van der Waals surface area contributed by atoms with Crippen molar-refractivity contribution in [3.63, 3.8) is 0 Å². The highest BCUT2D eigenvalue weighted by Gasteiger charge is 2.18.